The Morgan fingerprint density at radius 3 is 2.42 bits per heavy atom. The van der Waals surface area contributed by atoms with Gasteiger partial charge in [0.05, 0.1) is 24.3 Å². The van der Waals surface area contributed by atoms with Gasteiger partial charge < -0.3 is 19.5 Å². The third kappa shape index (κ3) is 5.08. The number of rotatable bonds is 8. The summed E-state index contributed by atoms with van der Waals surface area (Å²) in [6, 6.07) is 1.43. The van der Waals surface area contributed by atoms with Crippen LogP contribution in [0, 0.1) is 11.6 Å². The zero-order valence-corrected chi connectivity index (χ0v) is 18.1. The van der Waals surface area contributed by atoms with Crippen molar-refractivity contribution in [1.29, 1.82) is 0 Å². The molecule has 1 N–H and O–H groups in total. The van der Waals surface area contributed by atoms with Crippen molar-refractivity contribution in [3.8, 4) is 11.8 Å². The molecule has 1 heterocycles. The molecule has 0 spiro atoms. The Morgan fingerprint density at radius 2 is 1.77 bits per heavy atom. The second-order valence-electron chi connectivity index (χ2n) is 8.59. The molecule has 1 atom stereocenters. The van der Waals surface area contributed by atoms with Gasteiger partial charge in [-0.2, -0.15) is 4.98 Å². The predicted molar refractivity (Wildman–Crippen MR) is 110 cm³/mol. The van der Waals surface area contributed by atoms with Gasteiger partial charge in [-0.3, -0.25) is 9.36 Å². The van der Waals surface area contributed by atoms with Gasteiger partial charge in [-0.15, -0.1) is 0 Å². The van der Waals surface area contributed by atoms with Gasteiger partial charge in [-0.05, 0) is 45.4 Å². The second-order valence-corrected chi connectivity index (χ2v) is 8.59. The van der Waals surface area contributed by atoms with E-state index >= 15 is 0 Å². The van der Waals surface area contributed by atoms with E-state index in [-0.39, 0.29) is 53.1 Å². The number of ether oxygens (including phenoxy) is 3. The zero-order chi connectivity index (χ0) is 22.1. The van der Waals surface area contributed by atoms with Gasteiger partial charge in [-0.1, -0.05) is 0 Å². The van der Waals surface area contributed by atoms with Gasteiger partial charge in [-0.25, -0.2) is 8.78 Å². The van der Waals surface area contributed by atoms with Crippen LogP contribution in [0.5, 0.6) is 11.8 Å². The van der Waals surface area contributed by atoms with Crippen molar-refractivity contribution >= 4 is 16.9 Å². The van der Waals surface area contributed by atoms with Crippen molar-refractivity contribution in [3.63, 3.8) is 0 Å². The number of amides is 1. The summed E-state index contributed by atoms with van der Waals surface area (Å²) >= 11 is 0. The van der Waals surface area contributed by atoms with E-state index in [0.29, 0.717) is 6.61 Å². The standard InChI is InChI=1S/C22H29F2N3O4/c1-12(25-13(2)28)11-29-14-4-6-16(7-5-14)31-22-26-18-10-17(23)21(30-15-8-9-15)19(24)20(18)27(22)3/h10,12,14-16H,4-9,11H2,1-3H3,(H,25,28)/t12-,14-,16-/m0/s1. The van der Waals surface area contributed by atoms with Gasteiger partial charge in [0.1, 0.15) is 11.6 Å². The molecule has 2 aromatic rings. The lowest BCUT2D eigenvalue weighted by atomic mass is 9.95. The van der Waals surface area contributed by atoms with Crippen LogP contribution in [0.15, 0.2) is 6.07 Å². The number of carbonyl (C=O) groups is 1. The van der Waals surface area contributed by atoms with Gasteiger partial charge in [0.15, 0.2) is 17.4 Å². The van der Waals surface area contributed by atoms with Crippen LogP contribution in [0.2, 0.25) is 0 Å². The normalized spacial score (nSPS) is 22.4. The average molecular weight is 437 g/mol. The second kappa shape index (κ2) is 8.98. The van der Waals surface area contributed by atoms with Crippen molar-refractivity contribution in [2.45, 2.75) is 76.7 Å². The van der Waals surface area contributed by atoms with E-state index in [1.807, 2.05) is 6.92 Å². The quantitative estimate of drug-likeness (QED) is 0.683. The maximum absolute atomic E-state index is 14.9. The van der Waals surface area contributed by atoms with E-state index in [0.717, 1.165) is 38.5 Å². The molecular weight excluding hydrogens is 408 g/mol. The Labute approximate surface area is 180 Å². The van der Waals surface area contributed by atoms with Gasteiger partial charge in [0, 0.05) is 26.1 Å². The molecule has 7 nitrogen and oxygen atoms in total. The van der Waals surface area contributed by atoms with Crippen LogP contribution in [-0.2, 0) is 16.6 Å². The lowest BCUT2D eigenvalue weighted by Crippen LogP contribution is -2.37. The molecule has 0 aliphatic heterocycles. The van der Waals surface area contributed by atoms with Gasteiger partial charge >= 0.3 is 0 Å². The molecule has 0 bridgehead atoms. The van der Waals surface area contributed by atoms with Crippen molar-refractivity contribution < 1.29 is 27.8 Å². The minimum absolute atomic E-state index is 0.0319. The highest BCUT2D eigenvalue weighted by atomic mass is 19.1. The summed E-state index contributed by atoms with van der Waals surface area (Å²) in [5, 5.41) is 2.80. The first-order chi connectivity index (χ1) is 14.8. The molecule has 9 heteroatoms. The maximum atomic E-state index is 14.9. The topological polar surface area (TPSA) is 74.6 Å². The molecule has 170 valence electrons. The Hall–Kier alpha value is -2.42. The molecule has 1 aromatic heterocycles. The van der Waals surface area contributed by atoms with Crippen LogP contribution in [0.3, 0.4) is 0 Å². The lowest BCUT2D eigenvalue weighted by Gasteiger charge is -2.29. The summed E-state index contributed by atoms with van der Waals surface area (Å²) in [6.07, 6.45) is 4.76. The number of nitrogens with zero attached hydrogens (tertiary/aromatic N) is 2. The Bertz CT molecular complexity index is 952. The summed E-state index contributed by atoms with van der Waals surface area (Å²) < 4.78 is 48.1. The maximum Gasteiger partial charge on any atom is 0.297 e. The van der Waals surface area contributed by atoms with Crippen molar-refractivity contribution in [3.05, 3.63) is 17.7 Å². The summed E-state index contributed by atoms with van der Waals surface area (Å²) in [4.78, 5) is 15.4. The van der Waals surface area contributed by atoms with Crippen molar-refractivity contribution in [1.82, 2.24) is 14.9 Å². The minimum atomic E-state index is -0.743. The highest BCUT2D eigenvalue weighted by molar-refractivity contribution is 5.79. The number of fused-ring (bicyclic) bond motifs is 1. The third-order valence-corrected chi connectivity index (χ3v) is 5.70. The molecule has 0 saturated heterocycles. The van der Waals surface area contributed by atoms with E-state index in [1.54, 1.807) is 7.05 Å². The number of hydrogen-bond donors (Lipinski definition) is 1. The average Bonchev–Trinajstić information content (AvgIpc) is 3.48. The van der Waals surface area contributed by atoms with E-state index < -0.39 is 11.6 Å². The number of aryl methyl sites for hydroxylation is 1. The van der Waals surface area contributed by atoms with Crippen molar-refractivity contribution in [2.24, 2.45) is 7.05 Å². The molecule has 4 rings (SSSR count). The first-order valence-corrected chi connectivity index (χ1v) is 10.9. The molecule has 1 aromatic carbocycles. The van der Waals surface area contributed by atoms with Crippen LogP contribution in [0.1, 0.15) is 52.4 Å². The number of carbonyl (C=O) groups excluding carboxylic acids is 1. The van der Waals surface area contributed by atoms with E-state index in [1.165, 1.54) is 17.6 Å². The van der Waals surface area contributed by atoms with E-state index in [2.05, 4.69) is 10.3 Å². The number of aromatic nitrogens is 2. The monoisotopic (exact) mass is 437 g/mol. The molecule has 0 unspecified atom stereocenters. The van der Waals surface area contributed by atoms with Crippen LogP contribution in [0.25, 0.3) is 11.0 Å². The van der Waals surface area contributed by atoms with Crippen molar-refractivity contribution in [2.75, 3.05) is 6.61 Å². The first-order valence-electron chi connectivity index (χ1n) is 10.9. The van der Waals surface area contributed by atoms with Crippen LogP contribution in [0.4, 0.5) is 8.78 Å². The highest BCUT2D eigenvalue weighted by Crippen LogP contribution is 2.36. The molecular formula is C22H29F2N3O4. The van der Waals surface area contributed by atoms with Crippen LogP contribution >= 0.6 is 0 Å². The molecule has 2 aliphatic carbocycles. The molecule has 1 amide bonds. The summed E-state index contributed by atoms with van der Waals surface area (Å²) in [5.74, 6) is -1.89. The first kappa shape index (κ1) is 21.8. The minimum Gasteiger partial charge on any atom is -0.484 e. The third-order valence-electron chi connectivity index (χ3n) is 5.70. The number of benzene rings is 1. The molecule has 31 heavy (non-hydrogen) atoms. The molecule has 2 fully saturated rings. The SMILES string of the molecule is CC(=O)N[C@@H](C)CO[C@H]1CC[C@H](Oc2nc3cc(F)c(OC4CC4)c(F)c3n2C)CC1. The predicted octanol–water partition coefficient (Wildman–Crippen LogP) is 3.62. The summed E-state index contributed by atoms with van der Waals surface area (Å²) in [6.45, 7) is 3.86. The fourth-order valence-electron chi connectivity index (χ4n) is 3.96. The summed E-state index contributed by atoms with van der Waals surface area (Å²) in [5.41, 5.74) is 0.385. The van der Waals surface area contributed by atoms with Crippen LogP contribution in [-0.4, -0.2) is 46.4 Å². The molecule has 0 radical (unpaired) electrons. The summed E-state index contributed by atoms with van der Waals surface area (Å²) in [7, 11) is 1.66. The van der Waals surface area contributed by atoms with E-state index in [4.69, 9.17) is 14.2 Å². The Morgan fingerprint density at radius 1 is 1.16 bits per heavy atom. The largest absolute Gasteiger partial charge is 0.484 e. The molecule has 2 saturated carbocycles. The smallest absolute Gasteiger partial charge is 0.297 e. The Balaban J connectivity index is 1.36. The Kier molecular flexibility index (Phi) is 6.31. The van der Waals surface area contributed by atoms with Gasteiger partial charge in [0.25, 0.3) is 6.01 Å². The van der Waals surface area contributed by atoms with Gasteiger partial charge in [0.2, 0.25) is 5.91 Å². The fourth-order valence-corrected chi connectivity index (χ4v) is 3.96. The number of hydrogen-bond acceptors (Lipinski definition) is 5. The zero-order valence-electron chi connectivity index (χ0n) is 18.1. The fraction of sp³-hybridized carbons (Fsp3) is 0.636. The highest BCUT2D eigenvalue weighted by Gasteiger charge is 2.30. The van der Waals surface area contributed by atoms with E-state index in [9.17, 15) is 13.6 Å². The number of halogens is 2. The lowest BCUT2D eigenvalue weighted by molar-refractivity contribution is -0.120. The number of nitrogens with one attached hydrogen (secondary N) is 1. The molecule has 2 aliphatic rings. The number of imidazole rings is 1. The van der Waals surface area contributed by atoms with Crippen LogP contribution < -0.4 is 14.8 Å².